The topological polar surface area (TPSA) is 47.6 Å². The predicted octanol–water partition coefficient (Wildman–Crippen LogP) is 6.92. The minimum absolute atomic E-state index is 0.00543. The Bertz CT molecular complexity index is 1060. The van der Waals surface area contributed by atoms with Gasteiger partial charge in [-0.2, -0.15) is 26.3 Å². The molecule has 0 bridgehead atoms. The van der Waals surface area contributed by atoms with Gasteiger partial charge in [-0.3, -0.25) is 4.79 Å². The van der Waals surface area contributed by atoms with Gasteiger partial charge < -0.3 is 14.8 Å². The van der Waals surface area contributed by atoms with Crippen LogP contribution in [0.4, 0.5) is 26.3 Å². The Morgan fingerprint density at radius 2 is 1.43 bits per heavy atom. The average Bonchev–Trinajstić information content (AvgIpc) is 3.31. The second kappa shape index (κ2) is 10.6. The fourth-order valence-electron chi connectivity index (χ4n) is 5.15. The summed E-state index contributed by atoms with van der Waals surface area (Å²) in [4.78, 5) is 13.7. The van der Waals surface area contributed by atoms with Crippen LogP contribution in [-0.2, 0) is 32.2 Å². The second-order valence-corrected chi connectivity index (χ2v) is 10.2. The molecule has 1 saturated carbocycles. The fourth-order valence-corrected chi connectivity index (χ4v) is 5.61. The van der Waals surface area contributed by atoms with Gasteiger partial charge in [-0.1, -0.05) is 46.3 Å². The maximum Gasteiger partial charge on any atom is 0.416 e. The van der Waals surface area contributed by atoms with Crippen molar-refractivity contribution in [2.75, 3.05) is 18.5 Å². The number of hydrogen-bond donors (Lipinski definition) is 1. The van der Waals surface area contributed by atoms with Crippen molar-refractivity contribution in [2.45, 2.75) is 61.7 Å². The van der Waals surface area contributed by atoms with E-state index in [9.17, 15) is 31.1 Å². The van der Waals surface area contributed by atoms with Crippen molar-refractivity contribution in [1.29, 1.82) is 0 Å². The lowest BCUT2D eigenvalue weighted by atomic mass is 9.73. The highest BCUT2D eigenvalue weighted by molar-refractivity contribution is 9.09. The van der Waals surface area contributed by atoms with Crippen LogP contribution in [0.25, 0.3) is 0 Å². The fraction of sp³-hybridized carbons (Fsp3) is 0.500. The summed E-state index contributed by atoms with van der Waals surface area (Å²) in [6.07, 6.45) is -8.18. The molecular formula is C26H26BrF6NO3. The molecule has 1 amide bonds. The molecule has 0 aromatic heterocycles. The number of benzene rings is 2. The van der Waals surface area contributed by atoms with Crippen LogP contribution in [0, 0.1) is 0 Å². The third kappa shape index (κ3) is 6.15. The molecule has 0 unspecified atom stereocenters. The summed E-state index contributed by atoms with van der Waals surface area (Å²) >= 11 is 3.20. The summed E-state index contributed by atoms with van der Waals surface area (Å²) < 4.78 is 92.5. The molecule has 1 atom stereocenters. The molecule has 4 nitrogen and oxygen atoms in total. The Hall–Kier alpha value is -2.11. The van der Waals surface area contributed by atoms with Crippen molar-refractivity contribution in [3.63, 3.8) is 0 Å². The highest BCUT2D eigenvalue weighted by atomic mass is 79.9. The number of halogens is 7. The largest absolute Gasteiger partial charge is 0.416 e. The van der Waals surface area contributed by atoms with Crippen molar-refractivity contribution < 1.29 is 40.6 Å². The summed E-state index contributed by atoms with van der Waals surface area (Å²) in [6.45, 7) is 0.935. The lowest BCUT2D eigenvalue weighted by Gasteiger charge is -2.45. The number of rotatable bonds is 6. The highest BCUT2D eigenvalue weighted by Gasteiger charge is 2.48. The minimum atomic E-state index is -5.00. The summed E-state index contributed by atoms with van der Waals surface area (Å²) in [7, 11) is 0. The smallest absolute Gasteiger partial charge is 0.348 e. The van der Waals surface area contributed by atoms with Gasteiger partial charge >= 0.3 is 12.4 Å². The van der Waals surface area contributed by atoms with E-state index in [4.69, 9.17) is 9.47 Å². The Labute approximate surface area is 218 Å². The molecule has 1 aliphatic heterocycles. The number of carbonyl (C=O) groups is 1. The molecule has 1 heterocycles. The Kier molecular flexibility index (Phi) is 7.97. The summed E-state index contributed by atoms with van der Waals surface area (Å²) in [5.41, 5.74) is -3.31. The molecule has 1 N–H and O–H groups in total. The van der Waals surface area contributed by atoms with Gasteiger partial charge in [-0.25, -0.2) is 0 Å². The van der Waals surface area contributed by atoms with E-state index in [0.29, 0.717) is 51.0 Å². The second-order valence-electron chi connectivity index (χ2n) is 9.41. The van der Waals surface area contributed by atoms with E-state index in [1.807, 2.05) is 30.3 Å². The number of alkyl halides is 7. The number of amides is 1. The Balaban J connectivity index is 1.69. The first-order valence-corrected chi connectivity index (χ1v) is 13.0. The SMILES string of the molecule is O=C(NC1(c2ccccc2)CCC2(CC1)OCCO2)[C@@H](CCBr)c1cc(C(F)(F)F)cc(C(F)(F)F)c1. The van der Waals surface area contributed by atoms with E-state index >= 15 is 0 Å². The standard InChI is InChI=1S/C26H26BrF6NO3/c27-11-6-21(17-14-19(25(28,29)30)16-20(15-17)26(31,32)33)22(35)34-23(18-4-2-1-3-5-18)7-9-24(10-8-23)36-12-13-37-24/h1-5,14-16,21H,6-13H2,(H,34,35)/t21-/m0/s1. The molecule has 2 aromatic rings. The normalized spacial score (nSPS) is 20.1. The van der Waals surface area contributed by atoms with Gasteiger partial charge in [0.15, 0.2) is 5.79 Å². The van der Waals surface area contributed by atoms with Crippen molar-refractivity contribution >= 4 is 21.8 Å². The molecule has 1 spiro atoms. The van der Waals surface area contributed by atoms with Gasteiger partial charge in [0.25, 0.3) is 0 Å². The number of hydrogen-bond acceptors (Lipinski definition) is 3. The Morgan fingerprint density at radius 1 is 0.892 bits per heavy atom. The lowest BCUT2D eigenvalue weighted by molar-refractivity contribution is -0.187. The maximum absolute atomic E-state index is 13.7. The van der Waals surface area contributed by atoms with E-state index in [0.717, 1.165) is 5.56 Å². The van der Waals surface area contributed by atoms with E-state index in [1.165, 1.54) is 0 Å². The van der Waals surface area contributed by atoms with Gasteiger partial charge in [0.1, 0.15) is 0 Å². The van der Waals surface area contributed by atoms with Crippen LogP contribution in [0.15, 0.2) is 48.5 Å². The van der Waals surface area contributed by atoms with Gasteiger partial charge in [-0.05, 0) is 48.6 Å². The van der Waals surface area contributed by atoms with Crippen molar-refractivity contribution in [2.24, 2.45) is 0 Å². The molecule has 11 heteroatoms. The molecule has 2 fully saturated rings. The molecule has 2 aromatic carbocycles. The number of carbonyl (C=O) groups excluding carboxylic acids is 1. The van der Waals surface area contributed by atoms with Crippen LogP contribution in [0.5, 0.6) is 0 Å². The van der Waals surface area contributed by atoms with E-state index in [2.05, 4.69) is 21.2 Å². The van der Waals surface area contributed by atoms with Crippen molar-refractivity contribution in [1.82, 2.24) is 5.32 Å². The van der Waals surface area contributed by atoms with E-state index < -0.39 is 46.6 Å². The minimum Gasteiger partial charge on any atom is -0.348 e. The zero-order valence-electron chi connectivity index (χ0n) is 19.7. The van der Waals surface area contributed by atoms with Crippen LogP contribution in [0.2, 0.25) is 0 Å². The van der Waals surface area contributed by atoms with Gasteiger partial charge in [-0.15, -0.1) is 0 Å². The summed E-state index contributed by atoms with van der Waals surface area (Å²) in [5.74, 6) is -2.61. The molecule has 0 radical (unpaired) electrons. The first-order chi connectivity index (χ1) is 17.4. The molecule has 2 aliphatic rings. The average molecular weight is 594 g/mol. The number of ether oxygens (including phenoxy) is 2. The van der Waals surface area contributed by atoms with Crippen molar-refractivity contribution in [3.05, 3.63) is 70.8 Å². The molecule has 202 valence electrons. The third-order valence-corrected chi connectivity index (χ3v) is 7.55. The van der Waals surface area contributed by atoms with E-state index in [1.54, 1.807) is 0 Å². The van der Waals surface area contributed by atoms with E-state index in [-0.39, 0.29) is 23.4 Å². The summed E-state index contributed by atoms with van der Waals surface area (Å²) in [6, 6.07) is 10.5. The lowest BCUT2D eigenvalue weighted by Crippen LogP contribution is -2.53. The van der Waals surface area contributed by atoms with Crippen LogP contribution in [0.1, 0.15) is 60.3 Å². The monoisotopic (exact) mass is 593 g/mol. The number of nitrogens with one attached hydrogen (secondary N) is 1. The van der Waals surface area contributed by atoms with Gasteiger partial charge in [0, 0.05) is 18.2 Å². The quantitative estimate of drug-likeness (QED) is 0.292. The Morgan fingerprint density at radius 3 is 1.92 bits per heavy atom. The maximum atomic E-state index is 13.7. The van der Waals surface area contributed by atoms with Crippen LogP contribution in [0.3, 0.4) is 0 Å². The van der Waals surface area contributed by atoms with Crippen LogP contribution < -0.4 is 5.32 Å². The zero-order valence-corrected chi connectivity index (χ0v) is 21.3. The van der Waals surface area contributed by atoms with Gasteiger partial charge in [0.05, 0.1) is 35.8 Å². The molecule has 1 saturated heterocycles. The van der Waals surface area contributed by atoms with Crippen LogP contribution in [-0.4, -0.2) is 30.2 Å². The van der Waals surface area contributed by atoms with Crippen molar-refractivity contribution in [3.8, 4) is 0 Å². The van der Waals surface area contributed by atoms with Gasteiger partial charge in [0.2, 0.25) is 5.91 Å². The predicted molar refractivity (Wildman–Crippen MR) is 127 cm³/mol. The summed E-state index contributed by atoms with van der Waals surface area (Å²) in [5, 5.41) is 3.22. The molecule has 37 heavy (non-hydrogen) atoms. The molecule has 1 aliphatic carbocycles. The zero-order chi connectivity index (χ0) is 26.9. The third-order valence-electron chi connectivity index (χ3n) is 7.09. The first-order valence-electron chi connectivity index (χ1n) is 11.9. The first kappa shape index (κ1) is 27.9. The van der Waals surface area contributed by atoms with Crippen LogP contribution >= 0.6 is 15.9 Å². The molecular weight excluding hydrogens is 568 g/mol. The molecule has 4 rings (SSSR count). The highest BCUT2D eigenvalue weighted by Crippen LogP contribution is 2.46.